The van der Waals surface area contributed by atoms with Crippen LogP contribution in [0.2, 0.25) is 0 Å². The van der Waals surface area contributed by atoms with Crippen molar-refractivity contribution in [3.05, 3.63) is 23.8 Å². The van der Waals surface area contributed by atoms with E-state index < -0.39 is 0 Å². The van der Waals surface area contributed by atoms with Gasteiger partial charge in [0.25, 0.3) is 5.91 Å². The number of anilines is 1. The number of likely N-dealkylation sites (N-methyl/N-ethyl adjacent to an activating group) is 1. The normalized spacial score (nSPS) is 20.8. The quantitative estimate of drug-likeness (QED) is 0.787. The monoisotopic (exact) mass is 375 g/mol. The molecule has 0 aromatic heterocycles. The zero-order valence-corrected chi connectivity index (χ0v) is 16.3. The van der Waals surface area contributed by atoms with Crippen LogP contribution in [0, 0.1) is 5.92 Å². The van der Waals surface area contributed by atoms with Gasteiger partial charge in [-0.05, 0) is 36.5 Å². The molecule has 2 aliphatic rings. The van der Waals surface area contributed by atoms with Crippen LogP contribution in [-0.2, 0) is 16.0 Å². The summed E-state index contributed by atoms with van der Waals surface area (Å²) in [5.41, 5.74) is 1.45. The lowest BCUT2D eigenvalue weighted by Gasteiger charge is -2.36. The van der Waals surface area contributed by atoms with E-state index in [9.17, 15) is 14.7 Å². The van der Waals surface area contributed by atoms with Gasteiger partial charge in [0.15, 0.2) is 6.61 Å². The molecule has 1 fully saturated rings. The first kappa shape index (κ1) is 19.6. The van der Waals surface area contributed by atoms with Gasteiger partial charge in [-0.3, -0.25) is 14.5 Å². The molecule has 1 saturated heterocycles. The standard InChI is InChI=1S/C20H29N3O4/c1-13(2)8-19(23-7-6-15(24)11-23)22(3)20(26)10-14-4-5-17-16(9-14)21-18(25)12-27-17/h4-5,9,13,15,19,24H,6-8,10-12H2,1-3H3,(H,21,25)/t15-,19?/m0/s1. The van der Waals surface area contributed by atoms with E-state index in [1.54, 1.807) is 17.0 Å². The van der Waals surface area contributed by atoms with Crippen molar-refractivity contribution < 1.29 is 19.4 Å². The number of amides is 2. The number of aliphatic hydroxyl groups excluding tert-OH is 1. The summed E-state index contributed by atoms with van der Waals surface area (Å²) in [4.78, 5) is 28.4. The summed E-state index contributed by atoms with van der Waals surface area (Å²) >= 11 is 0. The second kappa shape index (κ2) is 8.27. The Kier molecular flexibility index (Phi) is 6.01. The molecule has 7 nitrogen and oxygen atoms in total. The second-order valence-electron chi connectivity index (χ2n) is 7.90. The molecule has 2 N–H and O–H groups in total. The fourth-order valence-corrected chi connectivity index (χ4v) is 3.72. The van der Waals surface area contributed by atoms with Gasteiger partial charge in [0.1, 0.15) is 5.75 Å². The molecular weight excluding hydrogens is 346 g/mol. The minimum Gasteiger partial charge on any atom is -0.482 e. The Morgan fingerprint density at radius 3 is 2.89 bits per heavy atom. The third kappa shape index (κ3) is 4.78. The minimum atomic E-state index is -0.313. The molecule has 2 aliphatic heterocycles. The molecule has 3 rings (SSSR count). The molecule has 0 saturated carbocycles. The maximum atomic E-state index is 12.9. The van der Waals surface area contributed by atoms with Gasteiger partial charge in [0, 0.05) is 20.1 Å². The zero-order chi connectivity index (χ0) is 19.6. The molecule has 1 aromatic carbocycles. The van der Waals surface area contributed by atoms with E-state index in [1.165, 1.54) is 0 Å². The maximum absolute atomic E-state index is 12.9. The molecule has 1 unspecified atom stereocenters. The number of nitrogens with one attached hydrogen (secondary N) is 1. The van der Waals surface area contributed by atoms with Gasteiger partial charge in [-0.2, -0.15) is 0 Å². The van der Waals surface area contributed by atoms with E-state index in [4.69, 9.17) is 4.74 Å². The van der Waals surface area contributed by atoms with Crippen molar-refractivity contribution in [3.63, 3.8) is 0 Å². The molecule has 2 amide bonds. The highest BCUT2D eigenvalue weighted by Crippen LogP contribution is 2.29. The number of ether oxygens (including phenoxy) is 1. The summed E-state index contributed by atoms with van der Waals surface area (Å²) < 4.78 is 5.36. The number of carbonyl (C=O) groups is 2. The smallest absolute Gasteiger partial charge is 0.262 e. The number of hydrogen-bond donors (Lipinski definition) is 2. The first-order chi connectivity index (χ1) is 12.8. The van der Waals surface area contributed by atoms with Crippen LogP contribution < -0.4 is 10.1 Å². The zero-order valence-electron chi connectivity index (χ0n) is 16.3. The Labute approximate surface area is 160 Å². The lowest BCUT2D eigenvalue weighted by Crippen LogP contribution is -2.49. The Morgan fingerprint density at radius 1 is 1.44 bits per heavy atom. The molecule has 0 radical (unpaired) electrons. The SMILES string of the molecule is CC(C)CC(N1CC[C@H](O)C1)N(C)C(=O)Cc1ccc2c(c1)NC(=O)CO2. The number of fused-ring (bicyclic) bond motifs is 1. The predicted octanol–water partition coefficient (Wildman–Crippen LogP) is 1.46. The maximum Gasteiger partial charge on any atom is 0.262 e. The third-order valence-corrected chi connectivity index (χ3v) is 5.17. The molecule has 2 atom stereocenters. The van der Waals surface area contributed by atoms with Crippen LogP contribution in [0.3, 0.4) is 0 Å². The molecule has 7 heteroatoms. The molecule has 148 valence electrons. The summed E-state index contributed by atoms with van der Waals surface area (Å²) in [6.07, 6.45) is 1.54. The van der Waals surface area contributed by atoms with Crippen molar-refractivity contribution in [3.8, 4) is 5.75 Å². The summed E-state index contributed by atoms with van der Waals surface area (Å²) in [5.74, 6) is 0.903. The topological polar surface area (TPSA) is 82.1 Å². The van der Waals surface area contributed by atoms with Gasteiger partial charge in [-0.25, -0.2) is 0 Å². The fraction of sp³-hybridized carbons (Fsp3) is 0.600. The summed E-state index contributed by atoms with van der Waals surface area (Å²) in [6.45, 7) is 5.72. The van der Waals surface area contributed by atoms with Crippen LogP contribution in [0.15, 0.2) is 18.2 Å². The predicted molar refractivity (Wildman–Crippen MR) is 102 cm³/mol. The van der Waals surface area contributed by atoms with Crippen molar-refractivity contribution in [2.75, 3.05) is 32.1 Å². The van der Waals surface area contributed by atoms with Gasteiger partial charge in [-0.1, -0.05) is 19.9 Å². The fourth-order valence-electron chi connectivity index (χ4n) is 3.72. The molecular formula is C20H29N3O4. The van der Waals surface area contributed by atoms with Gasteiger partial charge >= 0.3 is 0 Å². The van der Waals surface area contributed by atoms with Crippen LogP contribution in [0.25, 0.3) is 0 Å². The number of nitrogens with zero attached hydrogens (tertiary/aromatic N) is 2. The van der Waals surface area contributed by atoms with Crippen molar-refractivity contribution in [2.45, 2.75) is 45.4 Å². The van der Waals surface area contributed by atoms with Crippen molar-refractivity contribution >= 4 is 17.5 Å². The Balaban J connectivity index is 1.69. The van der Waals surface area contributed by atoms with Crippen molar-refractivity contribution in [2.24, 2.45) is 5.92 Å². The van der Waals surface area contributed by atoms with Crippen LogP contribution >= 0.6 is 0 Å². The summed E-state index contributed by atoms with van der Waals surface area (Å²) in [5, 5.41) is 12.7. The molecule has 0 spiro atoms. The van der Waals surface area contributed by atoms with E-state index in [0.717, 1.165) is 24.9 Å². The number of carbonyl (C=O) groups excluding carboxylic acids is 2. The van der Waals surface area contributed by atoms with Crippen LogP contribution in [-0.4, -0.2) is 65.7 Å². The Morgan fingerprint density at radius 2 is 2.22 bits per heavy atom. The van der Waals surface area contributed by atoms with E-state index in [1.807, 2.05) is 13.1 Å². The highest BCUT2D eigenvalue weighted by atomic mass is 16.5. The van der Waals surface area contributed by atoms with Crippen molar-refractivity contribution in [1.29, 1.82) is 0 Å². The van der Waals surface area contributed by atoms with Crippen LogP contribution in [0.1, 0.15) is 32.3 Å². The summed E-state index contributed by atoms with van der Waals surface area (Å²) in [6, 6.07) is 5.45. The average Bonchev–Trinajstić information content (AvgIpc) is 3.04. The first-order valence-electron chi connectivity index (χ1n) is 9.57. The van der Waals surface area contributed by atoms with E-state index >= 15 is 0 Å². The number of benzene rings is 1. The Hall–Kier alpha value is -2.12. The number of β-amino-alcohol motifs (C(OH)–C–C–N with tert-alkyl or cyclic N) is 1. The van der Waals surface area contributed by atoms with Crippen LogP contribution in [0.5, 0.6) is 5.75 Å². The van der Waals surface area contributed by atoms with Gasteiger partial charge < -0.3 is 20.1 Å². The number of likely N-dealkylation sites (tertiary alicyclic amines) is 1. The minimum absolute atomic E-state index is 0.0182. The van der Waals surface area contributed by atoms with Gasteiger partial charge in [-0.15, -0.1) is 0 Å². The summed E-state index contributed by atoms with van der Waals surface area (Å²) in [7, 11) is 1.84. The molecule has 0 bridgehead atoms. The second-order valence-corrected chi connectivity index (χ2v) is 7.90. The molecule has 27 heavy (non-hydrogen) atoms. The molecule has 1 aromatic rings. The number of hydrogen-bond acceptors (Lipinski definition) is 5. The average molecular weight is 375 g/mol. The van der Waals surface area contributed by atoms with Crippen molar-refractivity contribution in [1.82, 2.24) is 9.80 Å². The third-order valence-electron chi connectivity index (χ3n) is 5.17. The highest BCUT2D eigenvalue weighted by Gasteiger charge is 2.32. The lowest BCUT2D eigenvalue weighted by molar-refractivity contribution is -0.135. The number of rotatable bonds is 6. The van der Waals surface area contributed by atoms with Gasteiger partial charge in [0.05, 0.1) is 24.4 Å². The Bertz CT molecular complexity index is 706. The lowest BCUT2D eigenvalue weighted by atomic mass is 10.1. The number of aliphatic hydroxyl groups is 1. The van der Waals surface area contributed by atoms with Crippen LogP contribution in [0.4, 0.5) is 5.69 Å². The van der Waals surface area contributed by atoms with Gasteiger partial charge in [0.2, 0.25) is 5.91 Å². The first-order valence-corrected chi connectivity index (χ1v) is 9.57. The largest absolute Gasteiger partial charge is 0.482 e. The van der Waals surface area contributed by atoms with E-state index in [-0.39, 0.29) is 37.1 Å². The van der Waals surface area contributed by atoms with E-state index in [2.05, 4.69) is 24.1 Å². The molecule has 0 aliphatic carbocycles. The molecule has 2 heterocycles. The highest BCUT2D eigenvalue weighted by molar-refractivity contribution is 5.95. The van der Waals surface area contributed by atoms with E-state index in [0.29, 0.717) is 23.9 Å².